The molecule has 0 fully saturated rings. The normalized spacial score (nSPS) is 11.3. The van der Waals surface area contributed by atoms with Gasteiger partial charge in [0.2, 0.25) is 0 Å². The molecular weight excluding hydrogens is 424 g/mol. The minimum Gasteiger partial charge on any atom is -0.267 e. The van der Waals surface area contributed by atoms with E-state index in [4.69, 9.17) is 0 Å². The predicted octanol–water partition coefficient (Wildman–Crippen LogP) is 5.63. The molecule has 0 aliphatic carbocycles. The topological polar surface area (TPSA) is 54.4 Å². The van der Waals surface area contributed by atoms with Crippen molar-refractivity contribution in [3.8, 4) is 0 Å². The van der Waals surface area contributed by atoms with Gasteiger partial charge in [-0.25, -0.2) is 19.2 Å². The van der Waals surface area contributed by atoms with Crippen molar-refractivity contribution in [3.63, 3.8) is 0 Å². The van der Waals surface area contributed by atoms with Gasteiger partial charge in [-0.05, 0) is 42.0 Å². The van der Waals surface area contributed by atoms with Gasteiger partial charge in [0.25, 0.3) is 5.91 Å². The Bertz CT molecular complexity index is 1190. The van der Waals surface area contributed by atoms with Crippen molar-refractivity contribution in [2.75, 3.05) is 0 Å². The van der Waals surface area contributed by atoms with Crippen LogP contribution >= 0.6 is 23.1 Å². The Hall–Kier alpha value is -3.10. The van der Waals surface area contributed by atoms with Gasteiger partial charge in [-0.15, -0.1) is 11.3 Å². The lowest BCUT2D eigenvalue weighted by Gasteiger charge is -2.03. The number of hydrogen-bond donors (Lipinski definition) is 1. The number of thiazole rings is 1. The van der Waals surface area contributed by atoms with Crippen LogP contribution in [0.1, 0.15) is 21.5 Å². The van der Waals surface area contributed by atoms with Crippen molar-refractivity contribution in [3.05, 3.63) is 95.1 Å². The first kappa shape index (κ1) is 20.2. The summed E-state index contributed by atoms with van der Waals surface area (Å²) in [5, 5.41) is 3.73. The maximum atomic E-state index is 13.5. The molecule has 0 spiro atoms. The van der Waals surface area contributed by atoms with Gasteiger partial charge >= 0.3 is 0 Å². The minimum atomic E-state index is -0.747. The second-order valence-electron chi connectivity index (χ2n) is 6.30. The number of carbonyl (C=O) groups is 1. The zero-order valence-electron chi connectivity index (χ0n) is 15.5. The molecule has 1 aromatic heterocycles. The molecule has 3 aromatic carbocycles. The number of rotatable bonds is 6. The predicted molar refractivity (Wildman–Crippen MR) is 117 cm³/mol. The van der Waals surface area contributed by atoms with E-state index < -0.39 is 17.5 Å². The molecule has 150 valence electrons. The first-order chi connectivity index (χ1) is 14.6. The molecule has 0 aliphatic heterocycles. The van der Waals surface area contributed by atoms with E-state index in [9.17, 15) is 13.6 Å². The number of carbonyl (C=O) groups excluding carboxylic acids is 1. The van der Waals surface area contributed by atoms with Crippen LogP contribution in [0.5, 0.6) is 0 Å². The van der Waals surface area contributed by atoms with Crippen LogP contribution in [-0.2, 0) is 5.75 Å². The highest BCUT2D eigenvalue weighted by Crippen LogP contribution is 2.31. The molecule has 0 saturated carbocycles. The maximum absolute atomic E-state index is 13.5. The van der Waals surface area contributed by atoms with Crippen LogP contribution in [0.2, 0.25) is 0 Å². The van der Waals surface area contributed by atoms with Gasteiger partial charge in [-0.3, -0.25) is 4.79 Å². The van der Waals surface area contributed by atoms with Gasteiger partial charge in [-0.1, -0.05) is 36.0 Å². The maximum Gasteiger partial charge on any atom is 0.271 e. The number of hydrazone groups is 1. The molecule has 0 unspecified atom stereocenters. The Kier molecular flexibility index (Phi) is 6.15. The standard InChI is InChI=1S/C22H15F2N3OS2/c23-17-10-9-16(18(24)11-17)12-25-27-21(28)15-7-5-14(6-8-15)13-29-22-26-19-3-1-2-4-20(19)30-22/h1-12H,13H2,(H,27,28). The highest BCUT2D eigenvalue weighted by atomic mass is 32.2. The van der Waals surface area contributed by atoms with Gasteiger partial charge in [0.15, 0.2) is 4.34 Å². The van der Waals surface area contributed by atoms with E-state index in [0.717, 1.165) is 44.2 Å². The monoisotopic (exact) mass is 439 g/mol. The number of para-hydroxylation sites is 1. The summed E-state index contributed by atoms with van der Waals surface area (Å²) in [4.78, 5) is 16.8. The van der Waals surface area contributed by atoms with Crippen LogP contribution in [0.25, 0.3) is 10.2 Å². The number of aromatic nitrogens is 1. The van der Waals surface area contributed by atoms with Gasteiger partial charge in [0, 0.05) is 22.9 Å². The minimum absolute atomic E-state index is 0.0823. The lowest BCUT2D eigenvalue weighted by molar-refractivity contribution is 0.0955. The summed E-state index contributed by atoms with van der Waals surface area (Å²) in [6.45, 7) is 0. The Morgan fingerprint density at radius 1 is 1.10 bits per heavy atom. The number of nitrogens with zero attached hydrogens (tertiary/aromatic N) is 2. The molecular formula is C22H15F2N3OS2. The molecule has 1 amide bonds. The van der Waals surface area contributed by atoms with E-state index in [1.165, 1.54) is 6.07 Å². The summed E-state index contributed by atoms with van der Waals surface area (Å²) in [6.07, 6.45) is 1.13. The van der Waals surface area contributed by atoms with Crippen molar-refractivity contribution in [2.24, 2.45) is 5.10 Å². The smallest absolute Gasteiger partial charge is 0.267 e. The van der Waals surface area contributed by atoms with Gasteiger partial charge in [-0.2, -0.15) is 5.10 Å². The van der Waals surface area contributed by atoms with Crippen molar-refractivity contribution < 1.29 is 13.6 Å². The van der Waals surface area contributed by atoms with Gasteiger partial charge in [0.1, 0.15) is 11.6 Å². The summed E-state index contributed by atoms with van der Waals surface area (Å²) in [7, 11) is 0. The van der Waals surface area contributed by atoms with Gasteiger partial charge in [0.05, 0.1) is 16.4 Å². The van der Waals surface area contributed by atoms with E-state index >= 15 is 0 Å². The molecule has 4 nitrogen and oxygen atoms in total. The summed E-state index contributed by atoms with van der Waals surface area (Å²) >= 11 is 3.31. The Labute approximate surface area is 179 Å². The molecule has 1 heterocycles. The molecule has 4 aromatic rings. The quantitative estimate of drug-likeness (QED) is 0.241. The van der Waals surface area contributed by atoms with Crippen molar-refractivity contribution in [2.45, 2.75) is 10.1 Å². The number of benzene rings is 3. The van der Waals surface area contributed by atoms with Gasteiger partial charge < -0.3 is 0 Å². The average Bonchev–Trinajstić information content (AvgIpc) is 3.17. The van der Waals surface area contributed by atoms with E-state index in [1.807, 2.05) is 30.3 Å². The lowest BCUT2D eigenvalue weighted by Crippen LogP contribution is -2.17. The fourth-order valence-electron chi connectivity index (χ4n) is 2.64. The fraction of sp³-hybridized carbons (Fsp3) is 0.0455. The molecule has 30 heavy (non-hydrogen) atoms. The van der Waals surface area contributed by atoms with Crippen molar-refractivity contribution in [1.29, 1.82) is 0 Å². The Balaban J connectivity index is 1.33. The summed E-state index contributed by atoms with van der Waals surface area (Å²) in [6, 6.07) is 18.3. The van der Waals surface area contributed by atoms with E-state index in [-0.39, 0.29) is 5.56 Å². The number of amides is 1. The van der Waals surface area contributed by atoms with Crippen molar-refractivity contribution in [1.82, 2.24) is 10.4 Å². The van der Waals surface area contributed by atoms with Crippen LogP contribution < -0.4 is 5.43 Å². The molecule has 4 rings (SSSR count). The Morgan fingerprint density at radius 3 is 2.67 bits per heavy atom. The third-order valence-corrected chi connectivity index (χ3v) is 6.44. The van der Waals surface area contributed by atoms with E-state index in [0.29, 0.717) is 5.56 Å². The van der Waals surface area contributed by atoms with Crippen LogP contribution in [0.3, 0.4) is 0 Å². The zero-order valence-corrected chi connectivity index (χ0v) is 17.1. The second-order valence-corrected chi connectivity index (χ2v) is 8.55. The fourth-order valence-corrected chi connectivity index (χ4v) is 4.67. The first-order valence-electron chi connectivity index (χ1n) is 8.94. The van der Waals surface area contributed by atoms with Crippen LogP contribution in [-0.4, -0.2) is 17.1 Å². The first-order valence-corrected chi connectivity index (χ1v) is 10.7. The van der Waals surface area contributed by atoms with E-state index in [2.05, 4.69) is 21.6 Å². The molecule has 0 atom stereocenters. The molecule has 0 bridgehead atoms. The van der Waals surface area contributed by atoms with Crippen LogP contribution in [0.15, 0.2) is 76.2 Å². The number of hydrogen-bond acceptors (Lipinski definition) is 5. The Morgan fingerprint density at radius 2 is 1.90 bits per heavy atom. The highest BCUT2D eigenvalue weighted by molar-refractivity contribution is 8.00. The zero-order chi connectivity index (χ0) is 20.9. The summed E-state index contributed by atoms with van der Waals surface area (Å²) in [5.74, 6) is -1.10. The summed E-state index contributed by atoms with van der Waals surface area (Å²) < 4.78 is 28.6. The van der Waals surface area contributed by atoms with E-state index in [1.54, 1.807) is 35.2 Å². The molecule has 0 saturated heterocycles. The number of nitrogens with one attached hydrogen (secondary N) is 1. The average molecular weight is 440 g/mol. The lowest BCUT2D eigenvalue weighted by atomic mass is 10.1. The SMILES string of the molecule is O=C(NN=Cc1ccc(F)cc1F)c1ccc(CSc2nc3ccccc3s2)cc1. The third-order valence-electron chi connectivity index (χ3n) is 4.18. The number of halogens is 2. The molecule has 8 heteroatoms. The molecule has 1 N–H and O–H groups in total. The third kappa shape index (κ3) is 4.90. The summed E-state index contributed by atoms with van der Waals surface area (Å²) in [5.41, 5.74) is 4.91. The second kappa shape index (κ2) is 9.15. The van der Waals surface area contributed by atoms with Crippen LogP contribution in [0, 0.1) is 11.6 Å². The highest BCUT2D eigenvalue weighted by Gasteiger charge is 2.07. The molecule has 0 radical (unpaired) electrons. The molecule has 0 aliphatic rings. The number of thioether (sulfide) groups is 1. The number of fused-ring (bicyclic) bond motifs is 1. The largest absolute Gasteiger partial charge is 0.271 e. The van der Waals surface area contributed by atoms with Crippen LogP contribution in [0.4, 0.5) is 8.78 Å². The van der Waals surface area contributed by atoms with Crippen molar-refractivity contribution >= 4 is 45.4 Å².